The van der Waals surface area contributed by atoms with Crippen LogP contribution in [0.15, 0.2) is 0 Å². The van der Waals surface area contributed by atoms with Gasteiger partial charge in [0.15, 0.2) is 0 Å². The van der Waals surface area contributed by atoms with Gasteiger partial charge in [0.05, 0.1) is 0 Å². The van der Waals surface area contributed by atoms with Crippen LogP contribution in [0.5, 0.6) is 0 Å². The molecular formula is C8H14ClN. The van der Waals surface area contributed by atoms with Crippen molar-refractivity contribution in [2.24, 2.45) is 5.41 Å². The Kier molecular flexibility index (Phi) is 1.65. The van der Waals surface area contributed by atoms with Crippen molar-refractivity contribution in [3.05, 3.63) is 0 Å². The van der Waals surface area contributed by atoms with Gasteiger partial charge in [-0.1, -0.05) is 0 Å². The van der Waals surface area contributed by atoms with Crippen molar-refractivity contribution in [1.29, 1.82) is 0 Å². The number of rotatable bonds is 0. The van der Waals surface area contributed by atoms with Crippen LogP contribution in [-0.2, 0) is 0 Å². The molecule has 1 nitrogen and oxygen atoms in total. The molecule has 0 bridgehead atoms. The number of hydrogen-bond acceptors (Lipinski definition) is 1. The SMILES string of the molecule is ClC1CC2(CCCNC2)C1. The number of piperidine rings is 1. The Hall–Kier alpha value is 0.250. The molecule has 0 atom stereocenters. The summed E-state index contributed by atoms with van der Waals surface area (Å²) in [5.74, 6) is 0. The normalized spacial score (nSPS) is 47.1. The Morgan fingerprint density at radius 2 is 2.20 bits per heavy atom. The lowest BCUT2D eigenvalue weighted by Crippen LogP contribution is -2.49. The van der Waals surface area contributed by atoms with Gasteiger partial charge >= 0.3 is 0 Å². The highest BCUT2D eigenvalue weighted by atomic mass is 35.5. The molecule has 0 aromatic rings. The molecule has 2 rings (SSSR count). The number of hydrogen-bond donors (Lipinski definition) is 1. The zero-order chi connectivity index (χ0) is 7.03. The predicted molar refractivity (Wildman–Crippen MR) is 43.4 cm³/mol. The van der Waals surface area contributed by atoms with Crippen LogP contribution in [-0.4, -0.2) is 18.5 Å². The molecule has 1 aliphatic carbocycles. The maximum absolute atomic E-state index is 5.94. The summed E-state index contributed by atoms with van der Waals surface area (Å²) < 4.78 is 0. The summed E-state index contributed by atoms with van der Waals surface area (Å²) in [5.41, 5.74) is 0.630. The molecule has 1 N–H and O–H groups in total. The number of alkyl halides is 1. The summed E-state index contributed by atoms with van der Waals surface area (Å²) in [7, 11) is 0. The first kappa shape index (κ1) is 6.93. The third-order valence-electron chi connectivity index (χ3n) is 2.87. The van der Waals surface area contributed by atoms with Crippen molar-refractivity contribution >= 4 is 11.6 Å². The summed E-state index contributed by atoms with van der Waals surface area (Å²) >= 11 is 5.94. The Bertz CT molecular complexity index is 114. The van der Waals surface area contributed by atoms with Gasteiger partial charge in [0.25, 0.3) is 0 Å². The van der Waals surface area contributed by atoms with Gasteiger partial charge in [-0.05, 0) is 37.6 Å². The van der Waals surface area contributed by atoms with E-state index in [1.165, 1.54) is 38.8 Å². The van der Waals surface area contributed by atoms with Crippen LogP contribution in [0.4, 0.5) is 0 Å². The summed E-state index contributed by atoms with van der Waals surface area (Å²) in [4.78, 5) is 0. The largest absolute Gasteiger partial charge is 0.316 e. The maximum Gasteiger partial charge on any atom is 0.0347 e. The molecular weight excluding hydrogens is 146 g/mol. The Labute approximate surface area is 67.1 Å². The van der Waals surface area contributed by atoms with Crippen LogP contribution in [0.1, 0.15) is 25.7 Å². The van der Waals surface area contributed by atoms with Crippen molar-refractivity contribution in [3.8, 4) is 0 Å². The van der Waals surface area contributed by atoms with Gasteiger partial charge in [0.2, 0.25) is 0 Å². The van der Waals surface area contributed by atoms with E-state index in [1.54, 1.807) is 0 Å². The molecule has 2 fully saturated rings. The molecule has 0 aromatic carbocycles. The quantitative estimate of drug-likeness (QED) is 0.532. The Morgan fingerprint density at radius 3 is 2.70 bits per heavy atom. The summed E-state index contributed by atoms with van der Waals surface area (Å²) in [6.45, 7) is 2.44. The average Bonchev–Trinajstić information content (AvgIpc) is 1.87. The monoisotopic (exact) mass is 159 g/mol. The zero-order valence-corrected chi connectivity index (χ0v) is 6.95. The van der Waals surface area contributed by atoms with E-state index in [0.29, 0.717) is 10.8 Å². The van der Waals surface area contributed by atoms with Crippen molar-refractivity contribution in [3.63, 3.8) is 0 Å². The predicted octanol–water partition coefficient (Wildman–Crippen LogP) is 1.76. The van der Waals surface area contributed by atoms with E-state index in [0.717, 1.165) is 0 Å². The highest BCUT2D eigenvalue weighted by Crippen LogP contribution is 2.48. The van der Waals surface area contributed by atoms with Crippen molar-refractivity contribution in [2.45, 2.75) is 31.1 Å². The third kappa shape index (κ3) is 1.06. The van der Waals surface area contributed by atoms with Crippen molar-refractivity contribution in [1.82, 2.24) is 5.32 Å². The van der Waals surface area contributed by atoms with Gasteiger partial charge in [-0.2, -0.15) is 0 Å². The highest BCUT2D eigenvalue weighted by Gasteiger charge is 2.43. The second-order valence-electron chi connectivity index (χ2n) is 3.79. The van der Waals surface area contributed by atoms with Gasteiger partial charge in [-0.15, -0.1) is 11.6 Å². The van der Waals surface area contributed by atoms with E-state index >= 15 is 0 Å². The van der Waals surface area contributed by atoms with Gasteiger partial charge in [-0.3, -0.25) is 0 Å². The van der Waals surface area contributed by atoms with E-state index in [1.807, 2.05) is 0 Å². The fourth-order valence-electron chi connectivity index (χ4n) is 2.26. The van der Waals surface area contributed by atoms with Gasteiger partial charge in [0, 0.05) is 11.9 Å². The van der Waals surface area contributed by atoms with E-state index < -0.39 is 0 Å². The summed E-state index contributed by atoms with van der Waals surface area (Å²) in [5, 5.41) is 3.93. The third-order valence-corrected chi connectivity index (χ3v) is 3.18. The minimum atomic E-state index is 0.486. The number of nitrogens with one attached hydrogen (secondary N) is 1. The lowest BCUT2D eigenvalue weighted by Gasteiger charge is -2.48. The van der Waals surface area contributed by atoms with Gasteiger partial charge in [-0.25, -0.2) is 0 Å². The molecule has 0 radical (unpaired) electrons. The molecule has 2 aliphatic rings. The molecule has 2 heteroatoms. The second kappa shape index (κ2) is 2.38. The fraction of sp³-hybridized carbons (Fsp3) is 1.00. The lowest BCUT2D eigenvalue weighted by molar-refractivity contribution is 0.0985. The van der Waals surface area contributed by atoms with Gasteiger partial charge < -0.3 is 5.32 Å². The first-order valence-corrected chi connectivity index (χ1v) is 4.59. The van der Waals surface area contributed by atoms with Crippen LogP contribution in [0.25, 0.3) is 0 Å². The molecule has 1 saturated heterocycles. The molecule has 1 spiro atoms. The van der Waals surface area contributed by atoms with Crippen LogP contribution in [0, 0.1) is 5.41 Å². The Balaban J connectivity index is 1.90. The molecule has 1 heterocycles. The lowest BCUT2D eigenvalue weighted by atomic mass is 9.64. The molecule has 1 saturated carbocycles. The first-order valence-electron chi connectivity index (χ1n) is 4.16. The van der Waals surface area contributed by atoms with E-state index in [2.05, 4.69) is 5.32 Å². The van der Waals surface area contributed by atoms with Crippen LogP contribution in [0.2, 0.25) is 0 Å². The van der Waals surface area contributed by atoms with Crippen LogP contribution >= 0.6 is 11.6 Å². The topological polar surface area (TPSA) is 12.0 Å². The molecule has 0 aromatic heterocycles. The fourth-order valence-corrected chi connectivity index (χ4v) is 2.91. The average molecular weight is 160 g/mol. The minimum Gasteiger partial charge on any atom is -0.316 e. The van der Waals surface area contributed by atoms with Crippen LogP contribution in [0.3, 0.4) is 0 Å². The van der Waals surface area contributed by atoms with Gasteiger partial charge in [0.1, 0.15) is 0 Å². The summed E-state index contributed by atoms with van der Waals surface area (Å²) in [6, 6.07) is 0. The van der Waals surface area contributed by atoms with E-state index in [-0.39, 0.29) is 0 Å². The molecule has 58 valence electrons. The zero-order valence-electron chi connectivity index (χ0n) is 6.20. The molecule has 10 heavy (non-hydrogen) atoms. The Morgan fingerprint density at radius 1 is 1.40 bits per heavy atom. The van der Waals surface area contributed by atoms with Crippen LogP contribution < -0.4 is 5.32 Å². The van der Waals surface area contributed by atoms with Crippen molar-refractivity contribution < 1.29 is 0 Å². The van der Waals surface area contributed by atoms with E-state index in [9.17, 15) is 0 Å². The molecule has 1 aliphatic heterocycles. The van der Waals surface area contributed by atoms with Crippen molar-refractivity contribution in [2.75, 3.05) is 13.1 Å². The summed E-state index contributed by atoms with van der Waals surface area (Å²) in [6.07, 6.45) is 5.26. The smallest absolute Gasteiger partial charge is 0.0347 e. The standard InChI is InChI=1S/C8H14ClN/c9-7-4-8(5-7)2-1-3-10-6-8/h7,10H,1-6H2. The maximum atomic E-state index is 5.94. The second-order valence-corrected chi connectivity index (χ2v) is 4.40. The minimum absolute atomic E-state index is 0.486. The first-order chi connectivity index (χ1) is 4.81. The van der Waals surface area contributed by atoms with E-state index in [4.69, 9.17) is 11.6 Å². The molecule has 0 amide bonds. The highest BCUT2D eigenvalue weighted by molar-refractivity contribution is 6.21. The molecule has 0 unspecified atom stereocenters. The number of halogens is 1.